The maximum atomic E-state index is 12.9. The van der Waals surface area contributed by atoms with E-state index in [4.69, 9.17) is 27.9 Å². The van der Waals surface area contributed by atoms with Crippen LogP contribution >= 0.6 is 23.2 Å². The number of aryl methyl sites for hydroxylation is 1. The van der Waals surface area contributed by atoms with Gasteiger partial charge in [-0.05, 0) is 54.8 Å². The number of halogens is 2. The number of phenols is 2. The van der Waals surface area contributed by atoms with Gasteiger partial charge in [0.1, 0.15) is 23.3 Å². The van der Waals surface area contributed by atoms with E-state index in [2.05, 4.69) is 5.32 Å². The smallest absolute Gasteiger partial charge is 0.326 e. The zero-order valence-electron chi connectivity index (χ0n) is 20.7. The second-order valence-electron chi connectivity index (χ2n) is 8.65. The van der Waals surface area contributed by atoms with E-state index in [1.54, 1.807) is 18.2 Å². The third kappa shape index (κ3) is 7.95. The molecule has 39 heavy (non-hydrogen) atoms. The number of hydrogen-bond donors (Lipinski definition) is 4. The number of carbonyl (C=O) groups is 4. The standard InChI is InChI=1S/C28H25Cl2NO8/c1-39-20-11-16(10-19(33)14-20)25(35)8-6-23(28(37)38)31-27(36)26-21(29)12-17(13-22(26)30)24(34)7-5-15-3-2-4-18(32)9-15/h2-4,9-14,23,32-33H,5-8H2,1H3,(H,31,36)(H,37,38)/t23-/m0/s1. The van der Waals surface area contributed by atoms with Gasteiger partial charge < -0.3 is 25.4 Å². The average molecular weight is 574 g/mol. The summed E-state index contributed by atoms with van der Waals surface area (Å²) in [6.45, 7) is 0. The third-order valence-corrected chi connectivity index (χ3v) is 6.45. The first-order chi connectivity index (χ1) is 18.5. The molecule has 0 radical (unpaired) electrons. The van der Waals surface area contributed by atoms with Gasteiger partial charge in [0, 0.05) is 30.0 Å². The number of phenolic OH excluding ortho intramolecular Hbond substituents is 2. The molecule has 0 spiro atoms. The van der Waals surface area contributed by atoms with Crippen molar-refractivity contribution in [2.45, 2.75) is 31.7 Å². The largest absolute Gasteiger partial charge is 0.508 e. The monoisotopic (exact) mass is 573 g/mol. The Kier molecular flexibility index (Phi) is 9.92. The van der Waals surface area contributed by atoms with E-state index in [0.717, 1.165) is 5.56 Å². The second-order valence-corrected chi connectivity index (χ2v) is 9.47. The normalized spacial score (nSPS) is 11.5. The molecular weight excluding hydrogens is 549 g/mol. The van der Waals surface area contributed by atoms with Gasteiger partial charge in [-0.3, -0.25) is 14.4 Å². The Morgan fingerprint density at radius 1 is 0.872 bits per heavy atom. The molecule has 3 rings (SSSR count). The molecule has 0 saturated heterocycles. The van der Waals surface area contributed by atoms with Gasteiger partial charge in [0.05, 0.1) is 22.7 Å². The number of rotatable bonds is 12. The molecule has 0 unspecified atom stereocenters. The Labute approximate surface area is 233 Å². The summed E-state index contributed by atoms with van der Waals surface area (Å²) < 4.78 is 5.02. The number of nitrogens with one attached hydrogen (secondary N) is 1. The van der Waals surface area contributed by atoms with Crippen molar-refractivity contribution in [3.63, 3.8) is 0 Å². The summed E-state index contributed by atoms with van der Waals surface area (Å²) in [5, 5.41) is 30.9. The van der Waals surface area contributed by atoms with E-state index in [1.807, 2.05) is 0 Å². The van der Waals surface area contributed by atoms with Gasteiger partial charge >= 0.3 is 5.97 Å². The van der Waals surface area contributed by atoms with Crippen LogP contribution in [0.3, 0.4) is 0 Å². The summed E-state index contributed by atoms with van der Waals surface area (Å²) in [5.74, 6) is -2.87. The number of methoxy groups -OCH3 is 1. The molecule has 0 aliphatic rings. The molecule has 0 fully saturated rings. The molecule has 0 aliphatic carbocycles. The fourth-order valence-corrected chi connectivity index (χ4v) is 4.49. The maximum Gasteiger partial charge on any atom is 0.326 e. The minimum atomic E-state index is -1.45. The Hall–Kier alpha value is -4.08. The van der Waals surface area contributed by atoms with E-state index in [9.17, 15) is 34.5 Å². The van der Waals surface area contributed by atoms with Gasteiger partial charge in [0.15, 0.2) is 11.6 Å². The Morgan fingerprint density at radius 3 is 2.13 bits per heavy atom. The minimum absolute atomic E-state index is 0.0880. The summed E-state index contributed by atoms with van der Waals surface area (Å²) in [6.07, 6.45) is -0.0440. The zero-order chi connectivity index (χ0) is 28.7. The van der Waals surface area contributed by atoms with Crippen LogP contribution in [-0.4, -0.2) is 51.9 Å². The molecule has 4 N–H and O–H groups in total. The number of ether oxygens (including phenoxy) is 1. The van der Waals surface area contributed by atoms with Gasteiger partial charge in [0.2, 0.25) is 0 Å². The highest BCUT2D eigenvalue weighted by atomic mass is 35.5. The van der Waals surface area contributed by atoms with Gasteiger partial charge in [-0.2, -0.15) is 0 Å². The fraction of sp³-hybridized carbons (Fsp3) is 0.214. The molecule has 0 aliphatic heterocycles. The number of carboxylic acids is 1. The number of carboxylic acid groups (broad SMARTS) is 1. The van der Waals surface area contributed by atoms with Crippen LogP contribution < -0.4 is 10.1 Å². The molecule has 1 atom stereocenters. The Bertz CT molecular complexity index is 1400. The maximum absolute atomic E-state index is 12.9. The first-order valence-corrected chi connectivity index (χ1v) is 12.5. The predicted octanol–water partition coefficient (Wildman–Crippen LogP) is 5.07. The lowest BCUT2D eigenvalue weighted by Crippen LogP contribution is -2.41. The molecule has 0 saturated carbocycles. The predicted molar refractivity (Wildman–Crippen MR) is 144 cm³/mol. The molecule has 11 heteroatoms. The van der Waals surface area contributed by atoms with Crippen molar-refractivity contribution in [2.75, 3.05) is 7.11 Å². The highest BCUT2D eigenvalue weighted by molar-refractivity contribution is 6.40. The van der Waals surface area contributed by atoms with Crippen molar-refractivity contribution in [1.82, 2.24) is 5.32 Å². The lowest BCUT2D eigenvalue weighted by atomic mass is 10.0. The SMILES string of the molecule is COc1cc(O)cc(C(=O)CC[C@H](NC(=O)c2c(Cl)cc(C(=O)CCc3cccc(O)c3)cc2Cl)C(=O)O)c1. The Morgan fingerprint density at radius 2 is 1.51 bits per heavy atom. The second kappa shape index (κ2) is 13.1. The van der Waals surface area contributed by atoms with Gasteiger partial charge in [-0.1, -0.05) is 35.3 Å². The van der Waals surface area contributed by atoms with Crippen molar-refractivity contribution in [3.05, 3.63) is 86.9 Å². The first kappa shape index (κ1) is 29.5. The highest BCUT2D eigenvalue weighted by Gasteiger charge is 2.25. The fourth-order valence-electron chi connectivity index (χ4n) is 3.83. The molecule has 3 aromatic rings. The van der Waals surface area contributed by atoms with E-state index >= 15 is 0 Å². The van der Waals surface area contributed by atoms with Crippen molar-refractivity contribution in [2.24, 2.45) is 0 Å². The van der Waals surface area contributed by atoms with Crippen molar-refractivity contribution >= 4 is 46.6 Å². The molecule has 1 amide bonds. The molecular formula is C28H25Cl2NO8. The summed E-state index contributed by atoms with van der Waals surface area (Å²) >= 11 is 12.5. The first-order valence-electron chi connectivity index (χ1n) is 11.7. The van der Waals surface area contributed by atoms with Crippen molar-refractivity contribution < 1.29 is 39.2 Å². The Balaban J connectivity index is 1.67. The summed E-state index contributed by atoms with van der Waals surface area (Å²) in [5.41, 5.74) is 0.845. The number of aromatic hydroxyl groups is 2. The van der Waals surface area contributed by atoms with Crippen LogP contribution in [-0.2, 0) is 11.2 Å². The highest BCUT2D eigenvalue weighted by Crippen LogP contribution is 2.28. The summed E-state index contributed by atoms with van der Waals surface area (Å²) in [4.78, 5) is 49.9. The number of Topliss-reactive ketones (excluding diaryl/α,β-unsaturated/α-hetero) is 2. The number of amides is 1. The average Bonchev–Trinajstić information content (AvgIpc) is 2.88. The molecule has 0 heterocycles. The molecule has 204 valence electrons. The minimum Gasteiger partial charge on any atom is -0.508 e. The van der Waals surface area contributed by atoms with Gasteiger partial charge in [0.25, 0.3) is 5.91 Å². The van der Waals surface area contributed by atoms with E-state index in [0.29, 0.717) is 6.42 Å². The third-order valence-electron chi connectivity index (χ3n) is 5.85. The van der Waals surface area contributed by atoms with E-state index < -0.39 is 23.7 Å². The van der Waals surface area contributed by atoms with Gasteiger partial charge in [-0.25, -0.2) is 4.79 Å². The van der Waals surface area contributed by atoms with Gasteiger partial charge in [-0.15, -0.1) is 0 Å². The van der Waals surface area contributed by atoms with Crippen LogP contribution in [0.25, 0.3) is 0 Å². The molecule has 0 bridgehead atoms. The summed E-state index contributed by atoms with van der Waals surface area (Å²) in [6, 6.07) is 11.6. The van der Waals surface area contributed by atoms with Crippen LogP contribution in [0.15, 0.2) is 54.6 Å². The molecule has 0 aromatic heterocycles. The number of aliphatic carboxylic acids is 1. The molecule has 9 nitrogen and oxygen atoms in total. The van der Waals surface area contributed by atoms with Crippen molar-refractivity contribution in [3.8, 4) is 17.2 Å². The van der Waals surface area contributed by atoms with E-state index in [1.165, 1.54) is 43.5 Å². The van der Waals surface area contributed by atoms with Crippen LogP contribution in [0.2, 0.25) is 10.0 Å². The molecule has 3 aromatic carbocycles. The summed E-state index contributed by atoms with van der Waals surface area (Å²) in [7, 11) is 1.37. The van der Waals surface area contributed by atoms with Crippen LogP contribution in [0.4, 0.5) is 0 Å². The number of hydrogen-bond acceptors (Lipinski definition) is 7. The quantitative estimate of drug-likeness (QED) is 0.219. The topological polar surface area (TPSA) is 150 Å². The van der Waals surface area contributed by atoms with E-state index in [-0.39, 0.29) is 69.0 Å². The zero-order valence-corrected chi connectivity index (χ0v) is 22.3. The van der Waals surface area contributed by atoms with Crippen LogP contribution in [0.5, 0.6) is 17.2 Å². The number of carbonyl (C=O) groups excluding carboxylic acids is 3. The lowest BCUT2D eigenvalue weighted by molar-refractivity contribution is -0.139. The lowest BCUT2D eigenvalue weighted by Gasteiger charge is -2.16. The van der Waals surface area contributed by atoms with Crippen molar-refractivity contribution in [1.29, 1.82) is 0 Å². The van der Waals surface area contributed by atoms with Crippen LogP contribution in [0, 0.1) is 0 Å². The number of ketones is 2. The number of benzene rings is 3. The van der Waals surface area contributed by atoms with Crippen LogP contribution in [0.1, 0.15) is 55.9 Å².